The van der Waals surface area contributed by atoms with E-state index in [2.05, 4.69) is 0 Å². The van der Waals surface area contributed by atoms with Crippen LogP contribution in [0.15, 0.2) is 42.5 Å². The molecule has 100 valence electrons. The van der Waals surface area contributed by atoms with Gasteiger partial charge in [0.15, 0.2) is 0 Å². The van der Waals surface area contributed by atoms with Gasteiger partial charge in [-0.2, -0.15) is 0 Å². The quantitative estimate of drug-likeness (QED) is 0.845. The second-order valence-corrected chi connectivity index (χ2v) is 5.84. The highest BCUT2D eigenvalue weighted by Crippen LogP contribution is 2.36. The summed E-state index contributed by atoms with van der Waals surface area (Å²) in [5.41, 5.74) is 1.84. The van der Waals surface area contributed by atoms with Gasteiger partial charge in [-0.15, -0.1) is 0 Å². The van der Waals surface area contributed by atoms with Crippen LogP contribution in [-0.4, -0.2) is 5.11 Å². The number of benzene rings is 2. The van der Waals surface area contributed by atoms with Crippen molar-refractivity contribution in [1.82, 2.24) is 0 Å². The lowest BCUT2D eigenvalue weighted by Crippen LogP contribution is -2.14. The van der Waals surface area contributed by atoms with E-state index in [9.17, 15) is 9.50 Å². The highest BCUT2D eigenvalue weighted by atomic mass is 19.1. The molecule has 0 radical (unpaired) electrons. The SMILES string of the molecule is CC(C)(C)c1c(F)ccc(Cc2ccccc2)c1O. The van der Waals surface area contributed by atoms with E-state index in [-0.39, 0.29) is 11.6 Å². The second kappa shape index (κ2) is 5.04. The minimum Gasteiger partial charge on any atom is -0.507 e. The standard InChI is InChI=1S/C17H19FO/c1-17(2,3)15-14(18)10-9-13(16(15)19)11-12-7-5-4-6-8-12/h4-10,19H,11H2,1-3H3. The van der Waals surface area contributed by atoms with Gasteiger partial charge < -0.3 is 5.11 Å². The summed E-state index contributed by atoms with van der Waals surface area (Å²) in [5.74, 6) is -0.266. The Morgan fingerprint density at radius 3 is 2.21 bits per heavy atom. The van der Waals surface area contributed by atoms with Gasteiger partial charge in [-0.1, -0.05) is 57.2 Å². The summed E-state index contributed by atoms with van der Waals surface area (Å²) in [7, 11) is 0. The van der Waals surface area contributed by atoms with E-state index in [4.69, 9.17) is 0 Å². The molecular weight excluding hydrogens is 239 g/mol. The predicted octanol–water partition coefficient (Wildman–Crippen LogP) is 4.42. The van der Waals surface area contributed by atoms with Gasteiger partial charge in [0, 0.05) is 12.0 Å². The summed E-state index contributed by atoms with van der Waals surface area (Å²) in [4.78, 5) is 0. The monoisotopic (exact) mass is 258 g/mol. The average Bonchev–Trinajstić information content (AvgIpc) is 2.32. The van der Waals surface area contributed by atoms with Gasteiger partial charge in [0.2, 0.25) is 0 Å². The second-order valence-electron chi connectivity index (χ2n) is 5.84. The number of phenols is 1. The first-order valence-electron chi connectivity index (χ1n) is 6.44. The first kappa shape index (κ1) is 13.6. The van der Waals surface area contributed by atoms with E-state index in [0.29, 0.717) is 12.0 Å². The van der Waals surface area contributed by atoms with Gasteiger partial charge in [0.25, 0.3) is 0 Å². The van der Waals surface area contributed by atoms with Crippen LogP contribution in [0.5, 0.6) is 5.75 Å². The van der Waals surface area contributed by atoms with Gasteiger partial charge >= 0.3 is 0 Å². The Balaban J connectivity index is 2.44. The number of phenolic OH excluding ortho intramolecular Hbond substituents is 1. The molecule has 2 heteroatoms. The third kappa shape index (κ3) is 2.95. The minimum absolute atomic E-state index is 0.0800. The van der Waals surface area contributed by atoms with Crippen LogP contribution in [-0.2, 0) is 11.8 Å². The summed E-state index contributed by atoms with van der Waals surface area (Å²) < 4.78 is 13.9. The van der Waals surface area contributed by atoms with E-state index in [0.717, 1.165) is 11.1 Å². The normalized spacial score (nSPS) is 11.6. The maximum absolute atomic E-state index is 13.9. The van der Waals surface area contributed by atoms with E-state index in [1.54, 1.807) is 6.07 Å². The Morgan fingerprint density at radius 1 is 1.00 bits per heavy atom. The first-order valence-corrected chi connectivity index (χ1v) is 6.44. The summed E-state index contributed by atoms with van der Waals surface area (Å²) in [6.45, 7) is 5.70. The predicted molar refractivity (Wildman–Crippen MR) is 76.0 cm³/mol. The molecule has 2 aromatic carbocycles. The molecule has 0 unspecified atom stereocenters. The lowest BCUT2D eigenvalue weighted by Gasteiger charge is -2.22. The Hall–Kier alpha value is -1.83. The number of hydrogen-bond donors (Lipinski definition) is 1. The van der Waals surface area contributed by atoms with Crippen LogP contribution in [0.3, 0.4) is 0 Å². The van der Waals surface area contributed by atoms with Crippen LogP contribution >= 0.6 is 0 Å². The van der Waals surface area contributed by atoms with Crippen LogP contribution in [0.4, 0.5) is 4.39 Å². The molecule has 2 aromatic rings. The molecule has 0 aliphatic rings. The summed E-state index contributed by atoms with van der Waals surface area (Å²) in [6.07, 6.45) is 0.607. The van der Waals surface area contributed by atoms with Crippen LogP contribution in [0.25, 0.3) is 0 Å². The number of aromatic hydroxyl groups is 1. The van der Waals surface area contributed by atoms with E-state index < -0.39 is 5.41 Å². The third-order valence-corrected chi connectivity index (χ3v) is 3.20. The Kier molecular flexibility index (Phi) is 3.61. The van der Waals surface area contributed by atoms with Crippen LogP contribution in [0.2, 0.25) is 0 Å². The van der Waals surface area contributed by atoms with Crippen LogP contribution in [0, 0.1) is 5.82 Å². The molecule has 0 aromatic heterocycles. The summed E-state index contributed by atoms with van der Waals surface area (Å²) in [6, 6.07) is 13.0. The maximum Gasteiger partial charge on any atom is 0.130 e. The van der Waals surface area contributed by atoms with Crippen molar-refractivity contribution in [3.8, 4) is 5.75 Å². The van der Waals surface area contributed by atoms with E-state index >= 15 is 0 Å². The van der Waals surface area contributed by atoms with Crippen molar-refractivity contribution in [2.75, 3.05) is 0 Å². The maximum atomic E-state index is 13.9. The molecule has 0 amide bonds. The molecule has 1 nitrogen and oxygen atoms in total. The smallest absolute Gasteiger partial charge is 0.130 e. The largest absolute Gasteiger partial charge is 0.507 e. The average molecular weight is 258 g/mol. The van der Waals surface area contributed by atoms with Crippen molar-refractivity contribution in [2.24, 2.45) is 0 Å². The van der Waals surface area contributed by atoms with Gasteiger partial charge in [0.05, 0.1) is 0 Å². The highest BCUT2D eigenvalue weighted by Gasteiger charge is 2.24. The summed E-state index contributed by atoms with van der Waals surface area (Å²) >= 11 is 0. The van der Waals surface area contributed by atoms with Gasteiger partial charge in [-0.25, -0.2) is 4.39 Å². The van der Waals surface area contributed by atoms with Crippen molar-refractivity contribution in [1.29, 1.82) is 0 Å². The van der Waals surface area contributed by atoms with Crippen molar-refractivity contribution < 1.29 is 9.50 Å². The van der Waals surface area contributed by atoms with Crippen molar-refractivity contribution in [2.45, 2.75) is 32.6 Å². The molecule has 0 atom stereocenters. The van der Waals surface area contributed by atoms with Crippen molar-refractivity contribution in [3.05, 3.63) is 65.0 Å². The van der Waals surface area contributed by atoms with E-state index in [1.165, 1.54) is 6.07 Å². The van der Waals surface area contributed by atoms with Crippen molar-refractivity contribution in [3.63, 3.8) is 0 Å². The van der Waals surface area contributed by atoms with Crippen LogP contribution < -0.4 is 0 Å². The first-order chi connectivity index (χ1) is 8.89. The Labute approximate surface area is 113 Å². The zero-order valence-electron chi connectivity index (χ0n) is 11.6. The van der Waals surface area contributed by atoms with Gasteiger partial charge in [0.1, 0.15) is 11.6 Å². The number of rotatable bonds is 2. The molecule has 0 aliphatic carbocycles. The fourth-order valence-electron chi connectivity index (χ4n) is 2.28. The number of halogens is 1. The lowest BCUT2D eigenvalue weighted by atomic mass is 9.84. The fourth-order valence-corrected chi connectivity index (χ4v) is 2.28. The molecule has 0 heterocycles. The molecule has 2 rings (SSSR count). The molecule has 19 heavy (non-hydrogen) atoms. The fraction of sp³-hybridized carbons (Fsp3) is 0.294. The lowest BCUT2D eigenvalue weighted by molar-refractivity contribution is 0.424. The molecule has 0 saturated carbocycles. The zero-order valence-corrected chi connectivity index (χ0v) is 11.6. The molecule has 0 fully saturated rings. The highest BCUT2D eigenvalue weighted by molar-refractivity contribution is 5.46. The van der Waals surface area contributed by atoms with Crippen LogP contribution in [0.1, 0.15) is 37.5 Å². The minimum atomic E-state index is -0.416. The van der Waals surface area contributed by atoms with Gasteiger partial charge in [-0.05, 0) is 22.6 Å². The molecule has 1 N–H and O–H groups in total. The Morgan fingerprint density at radius 2 is 1.63 bits per heavy atom. The number of hydrogen-bond acceptors (Lipinski definition) is 1. The van der Waals surface area contributed by atoms with Crippen molar-refractivity contribution >= 4 is 0 Å². The molecule has 0 aliphatic heterocycles. The zero-order chi connectivity index (χ0) is 14.0. The molecule has 0 spiro atoms. The van der Waals surface area contributed by atoms with Gasteiger partial charge in [-0.3, -0.25) is 0 Å². The Bertz CT molecular complexity index is 568. The molecular formula is C17H19FO. The topological polar surface area (TPSA) is 20.2 Å². The third-order valence-electron chi connectivity index (χ3n) is 3.20. The van der Waals surface area contributed by atoms with E-state index in [1.807, 2.05) is 51.1 Å². The molecule has 0 saturated heterocycles. The summed E-state index contributed by atoms with van der Waals surface area (Å²) in [5, 5.41) is 10.3. The molecule has 0 bridgehead atoms.